The van der Waals surface area contributed by atoms with Gasteiger partial charge in [-0.2, -0.15) is 0 Å². The number of nitrogens with one attached hydrogen (secondary N) is 1. The van der Waals surface area contributed by atoms with Crippen molar-refractivity contribution in [3.63, 3.8) is 0 Å². The fourth-order valence-corrected chi connectivity index (χ4v) is 2.14. The molecule has 0 saturated heterocycles. The van der Waals surface area contributed by atoms with Gasteiger partial charge in [0, 0.05) is 18.3 Å². The maximum Gasteiger partial charge on any atom is 0.227 e. The highest BCUT2D eigenvalue weighted by Gasteiger charge is 2.25. The van der Waals surface area contributed by atoms with E-state index in [4.69, 9.17) is 0 Å². The molecule has 2 heterocycles. The summed E-state index contributed by atoms with van der Waals surface area (Å²) in [4.78, 5) is 20.3. The number of halogens is 1. The van der Waals surface area contributed by atoms with Crippen LogP contribution in [-0.2, 0) is 4.79 Å². The predicted molar refractivity (Wildman–Crippen MR) is 79.3 cm³/mol. The van der Waals surface area contributed by atoms with Gasteiger partial charge in [-0.05, 0) is 31.9 Å². The molecule has 1 amide bonds. The summed E-state index contributed by atoms with van der Waals surface area (Å²) >= 11 is 0. The first-order valence-corrected chi connectivity index (χ1v) is 6.51. The summed E-state index contributed by atoms with van der Waals surface area (Å²) in [7, 11) is 0. The van der Waals surface area contributed by atoms with Gasteiger partial charge < -0.3 is 5.32 Å². The first-order valence-electron chi connectivity index (χ1n) is 6.51. The van der Waals surface area contributed by atoms with E-state index >= 15 is 0 Å². The van der Waals surface area contributed by atoms with E-state index in [9.17, 15) is 4.79 Å². The molecule has 0 aliphatic heterocycles. The quantitative estimate of drug-likeness (QED) is 0.946. The zero-order valence-corrected chi connectivity index (χ0v) is 12.1. The second-order valence-electron chi connectivity index (χ2n) is 4.87. The van der Waals surface area contributed by atoms with Gasteiger partial charge >= 0.3 is 0 Å². The van der Waals surface area contributed by atoms with Crippen LogP contribution in [0.2, 0.25) is 0 Å². The lowest BCUT2D eigenvalue weighted by atomic mass is 9.85. The summed E-state index contributed by atoms with van der Waals surface area (Å²) < 4.78 is 1.90. The maximum atomic E-state index is 11.8. The van der Waals surface area contributed by atoms with E-state index in [1.54, 1.807) is 12.4 Å². The van der Waals surface area contributed by atoms with Crippen LogP contribution in [0.3, 0.4) is 0 Å². The number of carbonyl (C=O) groups excluding carboxylic acids is 1. The number of hydrogen-bond donors (Lipinski definition) is 1. The molecule has 0 atom stereocenters. The number of amides is 1. The molecule has 20 heavy (non-hydrogen) atoms. The Hall–Kier alpha value is -1.88. The fraction of sp³-hybridized carbons (Fsp3) is 0.357. The smallest absolute Gasteiger partial charge is 0.227 e. The summed E-state index contributed by atoms with van der Waals surface area (Å²) in [5.41, 5.74) is 0.749. The Bertz CT molecular complexity index is 589. The molecule has 0 bridgehead atoms. The number of nitrogens with zero attached hydrogens (tertiary/aromatic N) is 3. The third kappa shape index (κ3) is 2.82. The first-order chi connectivity index (χ1) is 9.24. The van der Waals surface area contributed by atoms with Crippen LogP contribution in [0.25, 0.3) is 5.82 Å². The fourth-order valence-electron chi connectivity index (χ4n) is 2.14. The van der Waals surface area contributed by atoms with Gasteiger partial charge in [0.25, 0.3) is 0 Å². The number of aromatic nitrogens is 3. The molecule has 6 heteroatoms. The van der Waals surface area contributed by atoms with Gasteiger partial charge in [0.1, 0.15) is 11.6 Å². The highest BCUT2D eigenvalue weighted by atomic mass is 35.5. The molecule has 0 radical (unpaired) electrons. The molecule has 0 spiro atoms. The SMILES string of the molecule is Cc1nccn1-c1ccc(NC(=O)C2CCC2)cn1.Cl. The van der Waals surface area contributed by atoms with E-state index in [0.29, 0.717) is 0 Å². The van der Waals surface area contributed by atoms with Crippen molar-refractivity contribution >= 4 is 24.0 Å². The zero-order chi connectivity index (χ0) is 13.2. The van der Waals surface area contributed by atoms with Crippen LogP contribution in [0.5, 0.6) is 0 Å². The second kappa shape index (κ2) is 6.05. The summed E-state index contributed by atoms with van der Waals surface area (Å²) in [5, 5.41) is 2.90. The van der Waals surface area contributed by atoms with Crippen LogP contribution >= 0.6 is 12.4 Å². The number of anilines is 1. The normalized spacial score (nSPS) is 14.2. The molecule has 0 unspecified atom stereocenters. The van der Waals surface area contributed by atoms with E-state index in [1.165, 1.54) is 0 Å². The van der Waals surface area contributed by atoms with Crippen LogP contribution in [-0.4, -0.2) is 20.4 Å². The molecule has 106 valence electrons. The van der Waals surface area contributed by atoms with Crippen LogP contribution in [0.15, 0.2) is 30.7 Å². The molecule has 1 fully saturated rings. The number of aryl methyl sites for hydroxylation is 1. The van der Waals surface area contributed by atoms with Gasteiger partial charge in [0.05, 0.1) is 11.9 Å². The Labute approximate surface area is 123 Å². The monoisotopic (exact) mass is 292 g/mol. The van der Waals surface area contributed by atoms with Gasteiger partial charge in [0.2, 0.25) is 5.91 Å². The summed E-state index contributed by atoms with van der Waals surface area (Å²) in [6.45, 7) is 1.92. The van der Waals surface area contributed by atoms with Gasteiger partial charge in [-0.3, -0.25) is 9.36 Å². The molecule has 1 aliphatic carbocycles. The molecular formula is C14H17ClN4O. The lowest BCUT2D eigenvalue weighted by Crippen LogP contribution is -2.28. The number of hydrogen-bond acceptors (Lipinski definition) is 3. The van der Waals surface area contributed by atoms with Gasteiger partial charge in [0.15, 0.2) is 0 Å². The van der Waals surface area contributed by atoms with Crippen molar-refractivity contribution < 1.29 is 4.79 Å². The van der Waals surface area contributed by atoms with Crippen molar-refractivity contribution in [2.45, 2.75) is 26.2 Å². The number of imidazole rings is 1. The van der Waals surface area contributed by atoms with Crippen molar-refractivity contribution in [2.75, 3.05) is 5.32 Å². The molecule has 5 nitrogen and oxygen atoms in total. The van der Waals surface area contributed by atoms with Crippen molar-refractivity contribution in [1.29, 1.82) is 0 Å². The van der Waals surface area contributed by atoms with E-state index in [-0.39, 0.29) is 24.2 Å². The van der Waals surface area contributed by atoms with Crippen LogP contribution < -0.4 is 5.32 Å². The van der Waals surface area contributed by atoms with Crippen molar-refractivity contribution in [3.05, 3.63) is 36.5 Å². The van der Waals surface area contributed by atoms with Gasteiger partial charge in [-0.25, -0.2) is 9.97 Å². The molecule has 1 saturated carbocycles. The standard InChI is InChI=1S/C14H16N4O.ClH/c1-10-15-7-8-18(10)13-6-5-12(9-16-13)17-14(19)11-3-2-4-11;/h5-9,11H,2-4H2,1H3,(H,17,19);1H. The highest BCUT2D eigenvalue weighted by molar-refractivity contribution is 5.92. The Balaban J connectivity index is 0.00000147. The third-order valence-electron chi connectivity index (χ3n) is 3.56. The Morgan fingerprint density at radius 3 is 2.65 bits per heavy atom. The summed E-state index contributed by atoms with van der Waals surface area (Å²) in [6.07, 6.45) is 8.46. The Morgan fingerprint density at radius 1 is 1.35 bits per heavy atom. The van der Waals surface area contributed by atoms with E-state index in [2.05, 4.69) is 15.3 Å². The average molecular weight is 293 g/mol. The van der Waals surface area contributed by atoms with Crippen molar-refractivity contribution in [1.82, 2.24) is 14.5 Å². The van der Waals surface area contributed by atoms with E-state index in [1.807, 2.05) is 29.8 Å². The minimum atomic E-state index is 0. The van der Waals surface area contributed by atoms with Gasteiger partial charge in [-0.15, -0.1) is 12.4 Å². The number of carbonyl (C=O) groups is 1. The van der Waals surface area contributed by atoms with Gasteiger partial charge in [-0.1, -0.05) is 6.42 Å². The molecule has 1 aliphatic rings. The van der Waals surface area contributed by atoms with Crippen LogP contribution in [0.1, 0.15) is 25.1 Å². The number of rotatable bonds is 3. The minimum Gasteiger partial charge on any atom is -0.324 e. The summed E-state index contributed by atoms with van der Waals surface area (Å²) in [5.74, 6) is 1.99. The summed E-state index contributed by atoms with van der Waals surface area (Å²) in [6, 6.07) is 3.75. The average Bonchev–Trinajstić information content (AvgIpc) is 2.74. The first kappa shape index (κ1) is 14.5. The van der Waals surface area contributed by atoms with E-state index in [0.717, 1.165) is 36.6 Å². The second-order valence-corrected chi connectivity index (χ2v) is 4.87. The predicted octanol–water partition coefficient (Wildman–Crippen LogP) is 2.74. The third-order valence-corrected chi connectivity index (χ3v) is 3.56. The number of pyridine rings is 1. The van der Waals surface area contributed by atoms with Crippen molar-refractivity contribution in [3.8, 4) is 5.82 Å². The van der Waals surface area contributed by atoms with Crippen LogP contribution in [0, 0.1) is 12.8 Å². The topological polar surface area (TPSA) is 59.8 Å². The molecule has 2 aromatic rings. The largest absolute Gasteiger partial charge is 0.324 e. The Kier molecular flexibility index (Phi) is 4.39. The van der Waals surface area contributed by atoms with Crippen molar-refractivity contribution in [2.24, 2.45) is 5.92 Å². The lowest BCUT2D eigenvalue weighted by molar-refractivity contribution is -0.122. The van der Waals surface area contributed by atoms with E-state index < -0.39 is 0 Å². The van der Waals surface area contributed by atoms with Crippen LogP contribution in [0.4, 0.5) is 5.69 Å². The maximum absolute atomic E-state index is 11.8. The lowest BCUT2D eigenvalue weighted by Gasteiger charge is -2.23. The zero-order valence-electron chi connectivity index (χ0n) is 11.2. The molecule has 1 N–H and O–H groups in total. The minimum absolute atomic E-state index is 0. The molecule has 2 aromatic heterocycles. The molecular weight excluding hydrogens is 276 g/mol. The highest BCUT2D eigenvalue weighted by Crippen LogP contribution is 2.27. The molecule has 3 rings (SSSR count). The Morgan fingerprint density at radius 2 is 2.15 bits per heavy atom. The molecule has 0 aromatic carbocycles.